The summed E-state index contributed by atoms with van der Waals surface area (Å²) in [6.07, 6.45) is 0. The number of halogens is 1. The summed E-state index contributed by atoms with van der Waals surface area (Å²) in [5.41, 5.74) is 3.44. The Kier molecular flexibility index (Phi) is 6.20. The molecule has 1 saturated heterocycles. The number of carbonyl (C=O) groups excluding carboxylic acids is 3. The van der Waals surface area contributed by atoms with Gasteiger partial charge in [-0.3, -0.25) is 14.4 Å². The van der Waals surface area contributed by atoms with Crippen molar-refractivity contribution in [2.24, 2.45) is 11.8 Å². The molecule has 5 aromatic rings. The number of aryl methyl sites for hydroxylation is 1. The van der Waals surface area contributed by atoms with Gasteiger partial charge in [0.05, 0.1) is 28.4 Å². The number of amides is 2. The lowest BCUT2D eigenvalue weighted by molar-refractivity contribution is -0.130. The van der Waals surface area contributed by atoms with E-state index in [2.05, 4.69) is 15.9 Å². The Bertz CT molecular complexity index is 1920. The molecule has 3 aliphatic rings. The predicted octanol–water partition coefficient (Wildman–Crippen LogP) is 7.95. The van der Waals surface area contributed by atoms with Gasteiger partial charge < -0.3 is 0 Å². The minimum atomic E-state index is -1.41. The molecule has 218 valence electrons. The number of fused-ring (bicyclic) bond motifs is 5. The number of nitrogens with zero attached hydrogens (tertiary/aromatic N) is 1. The monoisotopic (exact) mass is 649 g/mol. The summed E-state index contributed by atoms with van der Waals surface area (Å²) in [6.45, 7) is 1.96. The van der Waals surface area contributed by atoms with E-state index in [0.29, 0.717) is 5.69 Å². The van der Waals surface area contributed by atoms with Gasteiger partial charge in [0, 0.05) is 4.47 Å². The smallest absolute Gasteiger partial charge is 0.239 e. The molecule has 1 aliphatic heterocycles. The fourth-order valence-electron chi connectivity index (χ4n) is 8.31. The van der Waals surface area contributed by atoms with Gasteiger partial charge in [0.15, 0.2) is 5.78 Å². The fraction of sp³-hybridized carbons (Fsp3) is 0.125. The molecule has 45 heavy (non-hydrogen) atoms. The first-order valence-electron chi connectivity index (χ1n) is 15.1. The molecule has 4 atom stereocenters. The maximum atomic E-state index is 15.9. The number of Topliss-reactive ketones (excluding diaryl/α,β-unsaturated/α-hetero) is 1. The first-order valence-corrected chi connectivity index (χ1v) is 15.9. The molecular formula is C40H28BrNO3. The van der Waals surface area contributed by atoms with E-state index < -0.39 is 22.7 Å². The quantitative estimate of drug-likeness (QED) is 0.182. The van der Waals surface area contributed by atoms with Crippen LogP contribution in [0.5, 0.6) is 0 Å². The summed E-state index contributed by atoms with van der Waals surface area (Å²) in [4.78, 5) is 47.2. The summed E-state index contributed by atoms with van der Waals surface area (Å²) in [5, 5.41) is 0. The van der Waals surface area contributed by atoms with Gasteiger partial charge in [0.2, 0.25) is 11.8 Å². The average molecular weight is 651 g/mol. The van der Waals surface area contributed by atoms with E-state index in [-0.39, 0.29) is 17.6 Å². The molecule has 2 aliphatic carbocycles. The van der Waals surface area contributed by atoms with Crippen LogP contribution in [0.15, 0.2) is 144 Å². The summed E-state index contributed by atoms with van der Waals surface area (Å²) < 4.78 is 0.806. The molecule has 2 fully saturated rings. The lowest BCUT2D eigenvalue weighted by atomic mass is 9.59. The molecule has 0 N–H and O–H groups in total. The van der Waals surface area contributed by atoms with E-state index in [1.165, 1.54) is 4.90 Å². The van der Waals surface area contributed by atoms with Crippen LogP contribution in [0.3, 0.4) is 0 Å². The average Bonchev–Trinajstić information content (AvgIpc) is 3.59. The third-order valence-electron chi connectivity index (χ3n) is 9.99. The zero-order chi connectivity index (χ0) is 30.9. The van der Waals surface area contributed by atoms with Gasteiger partial charge in [0.25, 0.3) is 0 Å². The third kappa shape index (κ3) is 3.50. The summed E-state index contributed by atoms with van der Waals surface area (Å²) in [5.74, 6) is -2.70. The van der Waals surface area contributed by atoms with Gasteiger partial charge in [-0.25, -0.2) is 4.90 Å². The number of benzene rings is 5. The highest BCUT2D eigenvalue weighted by Crippen LogP contribution is 2.74. The maximum absolute atomic E-state index is 15.9. The van der Waals surface area contributed by atoms with Crippen LogP contribution in [0.25, 0.3) is 11.1 Å². The Morgan fingerprint density at radius 3 is 1.36 bits per heavy atom. The van der Waals surface area contributed by atoms with Gasteiger partial charge in [-0.1, -0.05) is 143 Å². The predicted molar refractivity (Wildman–Crippen MR) is 179 cm³/mol. The first kappa shape index (κ1) is 27.7. The molecule has 2 bridgehead atoms. The minimum absolute atomic E-state index is 0.119. The molecule has 5 heteroatoms. The van der Waals surface area contributed by atoms with E-state index in [4.69, 9.17) is 0 Å². The molecule has 0 radical (unpaired) electrons. The maximum Gasteiger partial charge on any atom is 0.239 e. The minimum Gasteiger partial charge on any atom is -0.297 e. The van der Waals surface area contributed by atoms with Crippen molar-refractivity contribution in [2.75, 3.05) is 4.90 Å². The Hall–Kier alpha value is -4.87. The number of ketones is 1. The molecular weight excluding hydrogens is 622 g/mol. The number of allylic oxidation sites excluding steroid dienone is 2. The standard InChI is InChI=1S/C40H28BrNO3/c1-25-22-23-30(24-31(25)41)42-36(43)34-35(37(42)44)40(29-20-12-5-13-21-29)33(27-16-8-3-9-17-27)32(26-14-6-2-7-15-26)39(34,38(40)45)28-18-10-4-11-19-28/h2-24,34-35H,1H3/t34-,35+,39-,40-/m0/s1. The molecule has 8 rings (SSSR count). The van der Waals surface area contributed by atoms with Crippen LogP contribution in [-0.2, 0) is 25.2 Å². The van der Waals surface area contributed by atoms with Crippen molar-refractivity contribution in [1.82, 2.24) is 0 Å². The number of imide groups is 1. The highest BCUT2D eigenvalue weighted by molar-refractivity contribution is 9.10. The second-order valence-electron chi connectivity index (χ2n) is 12.1. The zero-order valence-corrected chi connectivity index (χ0v) is 26.1. The van der Waals surface area contributed by atoms with Crippen LogP contribution in [0.4, 0.5) is 5.69 Å². The van der Waals surface area contributed by atoms with Gasteiger partial charge in [-0.2, -0.15) is 0 Å². The van der Waals surface area contributed by atoms with E-state index in [1.807, 2.05) is 146 Å². The van der Waals surface area contributed by atoms with E-state index in [9.17, 15) is 0 Å². The van der Waals surface area contributed by atoms with Crippen LogP contribution in [0.1, 0.15) is 27.8 Å². The van der Waals surface area contributed by atoms with Crippen molar-refractivity contribution in [3.05, 3.63) is 172 Å². The van der Waals surface area contributed by atoms with Crippen LogP contribution >= 0.6 is 15.9 Å². The van der Waals surface area contributed by atoms with E-state index in [1.54, 1.807) is 0 Å². The Balaban J connectivity index is 1.55. The Labute approximate surface area is 270 Å². The van der Waals surface area contributed by atoms with Crippen LogP contribution in [0.2, 0.25) is 0 Å². The molecule has 5 aromatic carbocycles. The zero-order valence-electron chi connectivity index (χ0n) is 24.5. The van der Waals surface area contributed by atoms with Crippen molar-refractivity contribution < 1.29 is 14.4 Å². The van der Waals surface area contributed by atoms with Crippen molar-refractivity contribution in [1.29, 1.82) is 0 Å². The molecule has 0 aromatic heterocycles. The van der Waals surface area contributed by atoms with Gasteiger partial charge >= 0.3 is 0 Å². The number of hydrogen-bond acceptors (Lipinski definition) is 3. The summed E-state index contributed by atoms with van der Waals surface area (Å²) >= 11 is 3.60. The lowest BCUT2D eigenvalue weighted by Gasteiger charge is -2.39. The first-order chi connectivity index (χ1) is 21.9. The topological polar surface area (TPSA) is 54.5 Å². The normalized spacial score (nSPS) is 25.3. The van der Waals surface area contributed by atoms with E-state index >= 15 is 14.4 Å². The Morgan fingerprint density at radius 1 is 0.556 bits per heavy atom. The third-order valence-corrected chi connectivity index (χ3v) is 10.8. The lowest BCUT2D eigenvalue weighted by Crippen LogP contribution is -2.45. The molecule has 1 saturated carbocycles. The number of anilines is 1. The van der Waals surface area contributed by atoms with Gasteiger partial charge in [0.1, 0.15) is 0 Å². The second kappa shape index (κ2) is 10.1. The van der Waals surface area contributed by atoms with Crippen molar-refractivity contribution in [2.45, 2.75) is 17.8 Å². The van der Waals surface area contributed by atoms with Crippen LogP contribution in [0, 0.1) is 18.8 Å². The highest BCUT2D eigenvalue weighted by Gasteiger charge is 2.82. The van der Waals surface area contributed by atoms with Crippen molar-refractivity contribution >= 4 is 50.4 Å². The fourth-order valence-corrected chi connectivity index (χ4v) is 8.68. The summed E-state index contributed by atoms with van der Waals surface area (Å²) in [7, 11) is 0. The summed E-state index contributed by atoms with van der Waals surface area (Å²) in [6, 6.07) is 44.6. The number of carbonyl (C=O) groups is 3. The molecule has 0 unspecified atom stereocenters. The van der Waals surface area contributed by atoms with Gasteiger partial charge in [-0.05, 0) is 58.0 Å². The van der Waals surface area contributed by atoms with Crippen molar-refractivity contribution in [3.8, 4) is 0 Å². The second-order valence-corrected chi connectivity index (χ2v) is 12.9. The molecule has 4 nitrogen and oxygen atoms in total. The van der Waals surface area contributed by atoms with Crippen molar-refractivity contribution in [3.63, 3.8) is 0 Å². The number of hydrogen-bond donors (Lipinski definition) is 0. The Morgan fingerprint density at radius 2 is 0.956 bits per heavy atom. The highest BCUT2D eigenvalue weighted by atomic mass is 79.9. The largest absolute Gasteiger partial charge is 0.297 e. The van der Waals surface area contributed by atoms with E-state index in [0.717, 1.165) is 43.4 Å². The molecule has 1 heterocycles. The van der Waals surface area contributed by atoms with Gasteiger partial charge in [-0.15, -0.1) is 0 Å². The molecule has 0 spiro atoms. The SMILES string of the molecule is Cc1ccc(N2C(=O)[C@@H]3[C@H](C2=O)[C@@]2(c4ccccc4)C(=O)[C@@]3(c3ccccc3)C(c3ccccc3)=C2c2ccccc2)cc1Br. The van der Waals surface area contributed by atoms with Crippen LogP contribution < -0.4 is 4.90 Å². The van der Waals surface area contributed by atoms with Crippen LogP contribution in [-0.4, -0.2) is 17.6 Å². The molecule has 2 amide bonds. The number of rotatable bonds is 5.